The molecule has 3 N–H and O–H groups in total. The van der Waals surface area contributed by atoms with Gasteiger partial charge in [0.2, 0.25) is 11.8 Å². The predicted octanol–water partition coefficient (Wildman–Crippen LogP) is -0.767. The first-order valence-electron chi connectivity index (χ1n) is 5.74. The Hall–Kier alpha value is -1.43. The van der Waals surface area contributed by atoms with Crippen LogP contribution in [0.15, 0.2) is 0 Å². The molecule has 1 heterocycles. The molecule has 0 aromatic rings. The zero-order valence-corrected chi connectivity index (χ0v) is 10.4. The standard InChI is InChI=1S/C11H19N3O3/c1-6(2)14-9(15)4-8(11(14)17)13-10(16)7(3)5-12/h6-8H,4-5,12H2,1-3H3,(H,13,16). The van der Waals surface area contributed by atoms with Gasteiger partial charge in [-0.05, 0) is 13.8 Å². The molecule has 0 spiro atoms. The highest BCUT2D eigenvalue weighted by molar-refractivity contribution is 6.07. The van der Waals surface area contributed by atoms with Crippen LogP contribution in [0.4, 0.5) is 0 Å². The number of hydrogen-bond acceptors (Lipinski definition) is 4. The number of likely N-dealkylation sites (tertiary alicyclic amines) is 1. The van der Waals surface area contributed by atoms with Gasteiger partial charge in [0.1, 0.15) is 6.04 Å². The molecule has 0 saturated carbocycles. The minimum atomic E-state index is -0.730. The summed E-state index contributed by atoms with van der Waals surface area (Å²) in [5.74, 6) is -1.21. The van der Waals surface area contributed by atoms with Crippen molar-refractivity contribution in [3.63, 3.8) is 0 Å². The number of carbonyl (C=O) groups excluding carboxylic acids is 3. The highest BCUT2D eigenvalue weighted by Gasteiger charge is 2.40. The zero-order chi connectivity index (χ0) is 13.2. The van der Waals surface area contributed by atoms with Gasteiger partial charge in [0, 0.05) is 18.5 Å². The molecule has 0 aromatic carbocycles. The molecule has 0 radical (unpaired) electrons. The van der Waals surface area contributed by atoms with E-state index in [0.717, 1.165) is 0 Å². The number of nitrogens with zero attached hydrogens (tertiary/aromatic N) is 1. The van der Waals surface area contributed by atoms with Gasteiger partial charge in [0.15, 0.2) is 0 Å². The molecule has 1 aliphatic rings. The Labute approximate surface area is 101 Å². The summed E-state index contributed by atoms with van der Waals surface area (Å²) < 4.78 is 0. The fourth-order valence-electron chi connectivity index (χ4n) is 1.73. The summed E-state index contributed by atoms with van der Waals surface area (Å²) in [7, 11) is 0. The van der Waals surface area contributed by atoms with Crippen LogP contribution in [-0.2, 0) is 14.4 Å². The van der Waals surface area contributed by atoms with Crippen molar-refractivity contribution < 1.29 is 14.4 Å². The third kappa shape index (κ3) is 2.82. The molecule has 1 aliphatic heterocycles. The van der Waals surface area contributed by atoms with Crippen molar-refractivity contribution >= 4 is 17.7 Å². The molecule has 2 unspecified atom stereocenters. The van der Waals surface area contributed by atoms with Crippen LogP contribution < -0.4 is 11.1 Å². The fourth-order valence-corrected chi connectivity index (χ4v) is 1.73. The average Bonchev–Trinajstić information content (AvgIpc) is 2.52. The molecule has 0 bridgehead atoms. The molecule has 3 amide bonds. The zero-order valence-electron chi connectivity index (χ0n) is 10.4. The second-order valence-corrected chi connectivity index (χ2v) is 4.60. The molecule has 0 aromatic heterocycles. The molecular weight excluding hydrogens is 222 g/mol. The summed E-state index contributed by atoms with van der Waals surface area (Å²) in [5.41, 5.74) is 5.36. The highest BCUT2D eigenvalue weighted by atomic mass is 16.2. The Balaban J connectivity index is 2.67. The first kappa shape index (κ1) is 13.6. The van der Waals surface area contributed by atoms with Crippen LogP contribution in [0.25, 0.3) is 0 Å². The summed E-state index contributed by atoms with van der Waals surface area (Å²) in [6.45, 7) is 5.43. The Morgan fingerprint density at radius 3 is 2.47 bits per heavy atom. The Morgan fingerprint density at radius 2 is 2.06 bits per heavy atom. The number of imide groups is 1. The summed E-state index contributed by atoms with van der Waals surface area (Å²) >= 11 is 0. The van der Waals surface area contributed by atoms with Gasteiger partial charge >= 0.3 is 0 Å². The minimum Gasteiger partial charge on any atom is -0.343 e. The summed E-state index contributed by atoms with van der Waals surface area (Å²) in [5, 5.41) is 2.56. The van der Waals surface area contributed by atoms with E-state index in [1.54, 1.807) is 20.8 Å². The first-order valence-corrected chi connectivity index (χ1v) is 5.74. The van der Waals surface area contributed by atoms with Crippen LogP contribution in [0.3, 0.4) is 0 Å². The van der Waals surface area contributed by atoms with Crippen molar-refractivity contribution in [1.29, 1.82) is 0 Å². The molecule has 1 rings (SSSR count). The van der Waals surface area contributed by atoms with E-state index in [9.17, 15) is 14.4 Å². The lowest BCUT2D eigenvalue weighted by atomic mass is 10.1. The molecular formula is C11H19N3O3. The highest BCUT2D eigenvalue weighted by Crippen LogP contribution is 2.16. The van der Waals surface area contributed by atoms with Gasteiger partial charge in [-0.3, -0.25) is 19.3 Å². The Morgan fingerprint density at radius 1 is 1.47 bits per heavy atom. The van der Waals surface area contributed by atoms with Crippen molar-refractivity contribution in [1.82, 2.24) is 10.2 Å². The number of rotatable bonds is 4. The number of nitrogens with two attached hydrogens (primary N) is 1. The molecule has 2 atom stereocenters. The van der Waals surface area contributed by atoms with Crippen molar-refractivity contribution in [2.45, 2.75) is 39.3 Å². The van der Waals surface area contributed by atoms with Crippen molar-refractivity contribution in [2.24, 2.45) is 11.7 Å². The van der Waals surface area contributed by atoms with E-state index < -0.39 is 6.04 Å². The Bertz CT molecular complexity index is 341. The number of nitrogens with one attached hydrogen (secondary N) is 1. The quantitative estimate of drug-likeness (QED) is 0.632. The minimum absolute atomic E-state index is 0.0417. The van der Waals surface area contributed by atoms with Crippen LogP contribution in [0.2, 0.25) is 0 Å². The number of carbonyl (C=O) groups is 3. The summed E-state index contributed by atoms with van der Waals surface area (Å²) in [6.07, 6.45) is 0.0417. The summed E-state index contributed by atoms with van der Waals surface area (Å²) in [6, 6.07) is -0.907. The van der Waals surface area contributed by atoms with E-state index in [4.69, 9.17) is 5.73 Å². The maximum Gasteiger partial charge on any atom is 0.252 e. The van der Waals surface area contributed by atoms with Crippen LogP contribution in [-0.4, -0.2) is 41.2 Å². The van der Waals surface area contributed by atoms with Crippen LogP contribution >= 0.6 is 0 Å². The topological polar surface area (TPSA) is 92.5 Å². The maximum absolute atomic E-state index is 11.9. The SMILES string of the molecule is CC(CN)C(=O)NC1CC(=O)N(C(C)C)C1=O. The number of hydrogen-bond donors (Lipinski definition) is 2. The fraction of sp³-hybridized carbons (Fsp3) is 0.727. The second kappa shape index (κ2) is 5.27. The van der Waals surface area contributed by atoms with E-state index in [0.29, 0.717) is 0 Å². The third-order valence-corrected chi connectivity index (χ3v) is 2.82. The molecule has 17 heavy (non-hydrogen) atoms. The van der Waals surface area contributed by atoms with Crippen molar-refractivity contribution in [3.8, 4) is 0 Å². The monoisotopic (exact) mass is 241 g/mol. The normalized spacial score (nSPS) is 22.2. The second-order valence-electron chi connectivity index (χ2n) is 4.60. The maximum atomic E-state index is 11.9. The van der Waals surface area contributed by atoms with Crippen LogP contribution in [0.1, 0.15) is 27.2 Å². The van der Waals surface area contributed by atoms with Gasteiger partial charge < -0.3 is 11.1 Å². The lowest BCUT2D eigenvalue weighted by Crippen LogP contribution is -2.46. The van der Waals surface area contributed by atoms with E-state index in [1.807, 2.05) is 0 Å². The smallest absolute Gasteiger partial charge is 0.252 e. The molecule has 96 valence electrons. The van der Waals surface area contributed by atoms with Crippen LogP contribution in [0, 0.1) is 5.92 Å². The average molecular weight is 241 g/mol. The van der Waals surface area contributed by atoms with E-state index >= 15 is 0 Å². The van der Waals surface area contributed by atoms with Gasteiger partial charge in [0.25, 0.3) is 5.91 Å². The first-order chi connectivity index (χ1) is 7.88. The van der Waals surface area contributed by atoms with Gasteiger partial charge in [0.05, 0.1) is 6.42 Å². The predicted molar refractivity (Wildman–Crippen MR) is 61.8 cm³/mol. The van der Waals surface area contributed by atoms with Gasteiger partial charge in [-0.15, -0.1) is 0 Å². The Kier molecular flexibility index (Phi) is 4.22. The van der Waals surface area contributed by atoms with E-state index in [2.05, 4.69) is 5.32 Å². The van der Waals surface area contributed by atoms with Crippen LogP contribution in [0.5, 0.6) is 0 Å². The summed E-state index contributed by atoms with van der Waals surface area (Å²) in [4.78, 5) is 36.2. The largest absolute Gasteiger partial charge is 0.343 e. The molecule has 6 heteroatoms. The van der Waals surface area contributed by atoms with E-state index in [1.165, 1.54) is 4.90 Å². The molecule has 1 fully saturated rings. The van der Waals surface area contributed by atoms with Gasteiger partial charge in [-0.1, -0.05) is 6.92 Å². The molecule has 0 aliphatic carbocycles. The van der Waals surface area contributed by atoms with Crippen molar-refractivity contribution in [3.05, 3.63) is 0 Å². The molecule has 6 nitrogen and oxygen atoms in total. The van der Waals surface area contributed by atoms with Crippen molar-refractivity contribution in [2.75, 3.05) is 6.54 Å². The lowest BCUT2D eigenvalue weighted by Gasteiger charge is -2.19. The lowest BCUT2D eigenvalue weighted by molar-refractivity contribution is -0.141. The van der Waals surface area contributed by atoms with Gasteiger partial charge in [-0.2, -0.15) is 0 Å². The third-order valence-electron chi connectivity index (χ3n) is 2.82. The number of amides is 3. The molecule has 1 saturated heterocycles. The van der Waals surface area contributed by atoms with Gasteiger partial charge in [-0.25, -0.2) is 0 Å². The van der Waals surface area contributed by atoms with E-state index in [-0.39, 0.29) is 42.6 Å².